The van der Waals surface area contributed by atoms with E-state index in [0.29, 0.717) is 21.8 Å². The first kappa shape index (κ1) is 20.0. The topological polar surface area (TPSA) is 88.2 Å². The Morgan fingerprint density at radius 3 is 2.50 bits per heavy atom. The molecule has 144 valence electrons. The summed E-state index contributed by atoms with van der Waals surface area (Å²) in [5.74, 6) is -0.301. The highest BCUT2D eigenvalue weighted by atomic mass is 35.5. The third kappa shape index (κ3) is 4.95. The number of sulfonamides is 1. The second-order valence-corrected chi connectivity index (χ2v) is 8.33. The number of aromatic nitrogens is 1. The van der Waals surface area contributed by atoms with E-state index < -0.39 is 10.0 Å². The van der Waals surface area contributed by atoms with Crippen LogP contribution in [-0.2, 0) is 16.6 Å². The molecule has 0 saturated heterocycles. The van der Waals surface area contributed by atoms with Gasteiger partial charge in [0.05, 0.1) is 4.90 Å². The molecule has 6 nitrogen and oxygen atoms in total. The van der Waals surface area contributed by atoms with E-state index in [2.05, 4.69) is 15.0 Å². The fourth-order valence-electron chi connectivity index (χ4n) is 2.50. The van der Waals surface area contributed by atoms with Gasteiger partial charge >= 0.3 is 0 Å². The molecule has 0 saturated carbocycles. The predicted molar refractivity (Wildman–Crippen MR) is 109 cm³/mol. The number of anilines is 1. The van der Waals surface area contributed by atoms with Crippen LogP contribution in [0.2, 0.25) is 5.02 Å². The summed E-state index contributed by atoms with van der Waals surface area (Å²) < 4.78 is 27.6. The van der Waals surface area contributed by atoms with E-state index in [9.17, 15) is 13.2 Å². The van der Waals surface area contributed by atoms with Crippen molar-refractivity contribution >= 4 is 33.2 Å². The molecule has 0 aliphatic carbocycles. The van der Waals surface area contributed by atoms with Crippen molar-refractivity contribution in [1.82, 2.24) is 9.71 Å². The number of carbonyl (C=O) groups excluding carboxylic acids is 1. The molecule has 3 aromatic rings. The number of nitrogens with one attached hydrogen (secondary N) is 2. The van der Waals surface area contributed by atoms with Crippen molar-refractivity contribution in [2.24, 2.45) is 0 Å². The van der Waals surface area contributed by atoms with Crippen LogP contribution in [0.15, 0.2) is 71.9 Å². The average molecular weight is 416 g/mol. The molecule has 1 heterocycles. The lowest BCUT2D eigenvalue weighted by Gasteiger charge is -2.12. The molecule has 0 atom stereocenters. The van der Waals surface area contributed by atoms with E-state index >= 15 is 0 Å². The summed E-state index contributed by atoms with van der Waals surface area (Å²) in [6, 6.07) is 14.6. The van der Waals surface area contributed by atoms with Gasteiger partial charge in [-0.2, -0.15) is 0 Å². The molecule has 1 amide bonds. The van der Waals surface area contributed by atoms with E-state index in [1.54, 1.807) is 61.8 Å². The molecule has 0 aliphatic heterocycles. The minimum absolute atomic E-state index is 0.124. The third-order valence-electron chi connectivity index (χ3n) is 4.05. The molecule has 0 radical (unpaired) electrons. The molecule has 2 aromatic carbocycles. The van der Waals surface area contributed by atoms with Crippen molar-refractivity contribution in [2.75, 3.05) is 5.32 Å². The zero-order chi connectivity index (χ0) is 20.1. The smallest absolute Gasteiger partial charge is 0.255 e. The van der Waals surface area contributed by atoms with E-state index in [0.717, 1.165) is 5.56 Å². The summed E-state index contributed by atoms with van der Waals surface area (Å²) in [6.07, 6.45) is 3.22. The van der Waals surface area contributed by atoms with E-state index in [-0.39, 0.29) is 17.3 Å². The van der Waals surface area contributed by atoms with Crippen LogP contribution in [0.5, 0.6) is 0 Å². The first-order valence-corrected chi connectivity index (χ1v) is 10.3. The Balaban J connectivity index is 1.72. The van der Waals surface area contributed by atoms with Gasteiger partial charge in [-0.1, -0.05) is 17.7 Å². The van der Waals surface area contributed by atoms with Crippen molar-refractivity contribution in [2.45, 2.75) is 18.4 Å². The fraction of sp³-hybridized carbons (Fsp3) is 0.100. The number of amides is 1. The molecule has 3 rings (SSSR count). The van der Waals surface area contributed by atoms with Gasteiger partial charge in [0.1, 0.15) is 0 Å². The number of nitrogens with zero attached hydrogens (tertiary/aromatic N) is 1. The fourth-order valence-corrected chi connectivity index (χ4v) is 3.73. The van der Waals surface area contributed by atoms with Gasteiger partial charge in [0.2, 0.25) is 10.0 Å². The van der Waals surface area contributed by atoms with Crippen molar-refractivity contribution in [3.63, 3.8) is 0 Å². The lowest BCUT2D eigenvalue weighted by atomic mass is 10.1. The van der Waals surface area contributed by atoms with Gasteiger partial charge in [0.15, 0.2) is 0 Å². The highest BCUT2D eigenvalue weighted by Crippen LogP contribution is 2.21. The first-order chi connectivity index (χ1) is 13.3. The molecular formula is C20H18ClN3O3S. The van der Waals surface area contributed by atoms with Gasteiger partial charge < -0.3 is 5.32 Å². The van der Waals surface area contributed by atoms with Crippen LogP contribution in [0.4, 0.5) is 5.69 Å². The zero-order valence-electron chi connectivity index (χ0n) is 15.0. The van der Waals surface area contributed by atoms with Crippen molar-refractivity contribution in [3.05, 3.63) is 88.7 Å². The van der Waals surface area contributed by atoms with Gasteiger partial charge in [-0.3, -0.25) is 9.78 Å². The SMILES string of the molecule is Cc1cc(S(=O)(=O)NCc2cccnc2)ccc1NC(=O)c1ccc(Cl)cc1. The largest absolute Gasteiger partial charge is 0.322 e. The molecule has 0 fully saturated rings. The average Bonchev–Trinajstić information content (AvgIpc) is 2.69. The Kier molecular flexibility index (Phi) is 6.08. The second kappa shape index (κ2) is 8.52. The molecule has 2 N–H and O–H groups in total. The number of rotatable bonds is 6. The number of benzene rings is 2. The molecule has 1 aromatic heterocycles. The molecule has 28 heavy (non-hydrogen) atoms. The van der Waals surface area contributed by atoms with Gasteiger partial charge in [-0.05, 0) is 66.6 Å². The summed E-state index contributed by atoms with van der Waals surface area (Å²) in [4.78, 5) is 16.4. The Morgan fingerprint density at radius 2 is 1.86 bits per heavy atom. The molecule has 0 unspecified atom stereocenters. The Morgan fingerprint density at radius 1 is 1.11 bits per heavy atom. The lowest BCUT2D eigenvalue weighted by molar-refractivity contribution is 0.102. The molecular weight excluding hydrogens is 398 g/mol. The van der Waals surface area contributed by atoms with Crippen molar-refractivity contribution < 1.29 is 13.2 Å². The molecule has 0 bridgehead atoms. The summed E-state index contributed by atoms with van der Waals surface area (Å²) in [5, 5.41) is 3.32. The first-order valence-electron chi connectivity index (χ1n) is 8.41. The molecule has 0 aliphatic rings. The maximum Gasteiger partial charge on any atom is 0.255 e. The van der Waals surface area contributed by atoms with Crippen LogP contribution in [-0.4, -0.2) is 19.3 Å². The summed E-state index contributed by atoms with van der Waals surface area (Å²) >= 11 is 5.83. The van der Waals surface area contributed by atoms with Crippen LogP contribution < -0.4 is 10.0 Å². The number of hydrogen-bond donors (Lipinski definition) is 2. The number of halogens is 1. The third-order valence-corrected chi connectivity index (χ3v) is 5.70. The van der Waals surface area contributed by atoms with Crippen LogP contribution in [0.1, 0.15) is 21.5 Å². The highest BCUT2D eigenvalue weighted by Gasteiger charge is 2.16. The Hall–Kier alpha value is -2.74. The van der Waals surface area contributed by atoms with E-state index in [1.165, 1.54) is 12.1 Å². The summed E-state index contributed by atoms with van der Waals surface area (Å²) in [7, 11) is -3.69. The van der Waals surface area contributed by atoms with Gasteiger partial charge in [0.25, 0.3) is 5.91 Å². The van der Waals surface area contributed by atoms with E-state index in [1.807, 2.05) is 0 Å². The highest BCUT2D eigenvalue weighted by molar-refractivity contribution is 7.89. The quantitative estimate of drug-likeness (QED) is 0.641. The van der Waals surface area contributed by atoms with Crippen LogP contribution >= 0.6 is 11.6 Å². The summed E-state index contributed by atoms with van der Waals surface area (Å²) in [6.45, 7) is 1.88. The predicted octanol–water partition coefficient (Wildman–Crippen LogP) is 3.77. The Labute approximate surface area is 168 Å². The van der Waals surface area contributed by atoms with Crippen molar-refractivity contribution in [3.8, 4) is 0 Å². The maximum absolute atomic E-state index is 12.5. The lowest BCUT2D eigenvalue weighted by Crippen LogP contribution is -2.23. The standard InChI is InChI=1S/C20H18ClN3O3S/c1-14-11-18(28(26,27)23-13-15-3-2-10-22-12-15)8-9-19(14)24-20(25)16-4-6-17(21)7-5-16/h2-12,23H,13H2,1H3,(H,24,25). The normalized spacial score (nSPS) is 11.2. The van der Waals surface area contributed by atoms with Crippen LogP contribution in [0, 0.1) is 6.92 Å². The van der Waals surface area contributed by atoms with Gasteiger partial charge in [-0.15, -0.1) is 0 Å². The molecule has 8 heteroatoms. The number of hydrogen-bond acceptors (Lipinski definition) is 4. The zero-order valence-corrected chi connectivity index (χ0v) is 16.6. The Bertz CT molecular complexity index is 1090. The minimum Gasteiger partial charge on any atom is -0.322 e. The maximum atomic E-state index is 12.5. The summed E-state index contributed by atoms with van der Waals surface area (Å²) in [5.41, 5.74) is 2.38. The number of carbonyl (C=O) groups is 1. The van der Waals surface area contributed by atoms with Gasteiger partial charge in [-0.25, -0.2) is 13.1 Å². The van der Waals surface area contributed by atoms with E-state index in [4.69, 9.17) is 11.6 Å². The number of pyridine rings is 1. The van der Waals surface area contributed by atoms with Crippen molar-refractivity contribution in [1.29, 1.82) is 0 Å². The van der Waals surface area contributed by atoms with Crippen LogP contribution in [0.25, 0.3) is 0 Å². The second-order valence-electron chi connectivity index (χ2n) is 6.12. The number of aryl methyl sites for hydroxylation is 1. The molecule has 0 spiro atoms. The minimum atomic E-state index is -3.69. The van der Waals surface area contributed by atoms with Crippen LogP contribution in [0.3, 0.4) is 0 Å². The monoisotopic (exact) mass is 415 g/mol. The van der Waals surface area contributed by atoms with Gasteiger partial charge in [0, 0.05) is 35.2 Å².